The van der Waals surface area contributed by atoms with Crippen molar-refractivity contribution in [2.75, 3.05) is 0 Å². The van der Waals surface area contributed by atoms with Gasteiger partial charge in [0, 0.05) is 12.1 Å². The molecule has 4 heteroatoms. The average Bonchev–Trinajstić information content (AvgIpc) is 2.24. The summed E-state index contributed by atoms with van der Waals surface area (Å²) in [4.78, 5) is 11.6. The molecule has 0 aliphatic carbocycles. The van der Waals surface area contributed by atoms with Crippen LogP contribution in [0, 0.1) is 5.82 Å². The molecule has 0 heterocycles. The van der Waals surface area contributed by atoms with E-state index >= 15 is 0 Å². The molecule has 0 radical (unpaired) electrons. The Morgan fingerprint density at radius 2 is 1.80 bits per heavy atom. The summed E-state index contributed by atoms with van der Waals surface area (Å²) in [5, 5.41) is 2.57. The molecule has 0 fully saturated rings. The third-order valence-corrected chi connectivity index (χ3v) is 2.73. The summed E-state index contributed by atoms with van der Waals surface area (Å²) in [6.45, 7) is 11.7. The fourth-order valence-electron chi connectivity index (χ4n) is 1.66. The van der Waals surface area contributed by atoms with Gasteiger partial charge in [0.2, 0.25) is 0 Å². The van der Waals surface area contributed by atoms with E-state index in [1.165, 1.54) is 6.07 Å². The van der Waals surface area contributed by atoms with Gasteiger partial charge in [-0.1, -0.05) is 32.9 Å². The zero-order valence-corrected chi connectivity index (χ0v) is 13.1. The summed E-state index contributed by atoms with van der Waals surface area (Å²) >= 11 is 0. The van der Waals surface area contributed by atoms with Crippen LogP contribution in [0.4, 0.5) is 9.18 Å². The topological polar surface area (TPSA) is 38.3 Å². The van der Waals surface area contributed by atoms with E-state index in [1.807, 2.05) is 0 Å². The van der Waals surface area contributed by atoms with Gasteiger partial charge in [-0.05, 0) is 37.8 Å². The molecular formula is C16H24FNO2. The van der Waals surface area contributed by atoms with Crippen molar-refractivity contribution in [3.05, 3.63) is 35.1 Å². The van der Waals surface area contributed by atoms with Crippen LogP contribution >= 0.6 is 0 Å². The standard InChI is InChI=1S/C16H24FNO2/c1-15(2,3)12-7-8-13(17)11(9-12)10-18-14(19)20-16(4,5)6/h7-9H,10H2,1-6H3,(H,18,19). The minimum absolute atomic E-state index is 0.0611. The third kappa shape index (κ3) is 5.19. The second-order valence-electron chi connectivity index (χ2n) is 6.91. The van der Waals surface area contributed by atoms with Gasteiger partial charge in [-0.25, -0.2) is 9.18 Å². The van der Waals surface area contributed by atoms with Crippen LogP contribution in [-0.2, 0) is 16.7 Å². The summed E-state index contributed by atoms with van der Waals surface area (Å²) in [6, 6.07) is 4.99. The summed E-state index contributed by atoms with van der Waals surface area (Å²) in [5.74, 6) is -0.325. The Morgan fingerprint density at radius 3 is 2.30 bits per heavy atom. The molecule has 1 aromatic carbocycles. The highest BCUT2D eigenvalue weighted by Crippen LogP contribution is 2.24. The van der Waals surface area contributed by atoms with Gasteiger partial charge < -0.3 is 10.1 Å². The summed E-state index contributed by atoms with van der Waals surface area (Å²) in [6.07, 6.45) is -0.543. The number of benzene rings is 1. The average molecular weight is 281 g/mol. The molecule has 0 saturated heterocycles. The first-order valence-corrected chi connectivity index (χ1v) is 6.75. The van der Waals surface area contributed by atoms with Crippen molar-refractivity contribution in [1.29, 1.82) is 0 Å². The molecule has 1 N–H and O–H groups in total. The minimum Gasteiger partial charge on any atom is -0.444 e. The van der Waals surface area contributed by atoms with Crippen LogP contribution in [0.3, 0.4) is 0 Å². The van der Waals surface area contributed by atoms with Crippen molar-refractivity contribution in [3.8, 4) is 0 Å². The zero-order valence-electron chi connectivity index (χ0n) is 13.1. The fourth-order valence-corrected chi connectivity index (χ4v) is 1.66. The first kappa shape index (κ1) is 16.5. The molecule has 1 amide bonds. The van der Waals surface area contributed by atoms with E-state index in [0.717, 1.165) is 5.56 Å². The molecule has 1 aromatic rings. The molecule has 1 rings (SSSR count). The SMILES string of the molecule is CC(C)(C)OC(=O)NCc1cc(C(C)(C)C)ccc1F. The highest BCUT2D eigenvalue weighted by molar-refractivity contribution is 5.67. The predicted molar refractivity (Wildman–Crippen MR) is 78.2 cm³/mol. The summed E-state index contributed by atoms with van der Waals surface area (Å²) < 4.78 is 18.9. The van der Waals surface area contributed by atoms with Gasteiger partial charge in [0.1, 0.15) is 11.4 Å². The number of carbonyl (C=O) groups is 1. The molecule has 0 unspecified atom stereocenters. The van der Waals surface area contributed by atoms with E-state index in [1.54, 1.807) is 32.9 Å². The number of rotatable bonds is 2. The Morgan fingerprint density at radius 1 is 1.20 bits per heavy atom. The molecular weight excluding hydrogens is 257 g/mol. The van der Waals surface area contributed by atoms with Gasteiger partial charge in [-0.15, -0.1) is 0 Å². The highest BCUT2D eigenvalue weighted by atomic mass is 19.1. The number of halogens is 1. The second kappa shape index (κ2) is 5.81. The number of hydrogen-bond acceptors (Lipinski definition) is 2. The van der Waals surface area contributed by atoms with Gasteiger partial charge in [-0.2, -0.15) is 0 Å². The lowest BCUT2D eigenvalue weighted by Crippen LogP contribution is -2.32. The number of carbonyl (C=O) groups excluding carboxylic acids is 1. The Kier molecular flexibility index (Phi) is 4.79. The van der Waals surface area contributed by atoms with Gasteiger partial charge in [-0.3, -0.25) is 0 Å². The van der Waals surface area contributed by atoms with Crippen molar-refractivity contribution in [1.82, 2.24) is 5.32 Å². The van der Waals surface area contributed by atoms with Crippen LogP contribution in [0.2, 0.25) is 0 Å². The normalized spacial score (nSPS) is 12.2. The molecule has 112 valence electrons. The van der Waals surface area contributed by atoms with Crippen LogP contribution in [0.5, 0.6) is 0 Å². The first-order chi connectivity index (χ1) is 8.99. The summed E-state index contributed by atoms with van der Waals surface area (Å²) in [5.41, 5.74) is 0.868. The van der Waals surface area contributed by atoms with Crippen molar-refractivity contribution in [2.24, 2.45) is 0 Å². The smallest absolute Gasteiger partial charge is 0.407 e. The lowest BCUT2D eigenvalue weighted by molar-refractivity contribution is 0.0523. The van der Waals surface area contributed by atoms with Crippen LogP contribution in [-0.4, -0.2) is 11.7 Å². The van der Waals surface area contributed by atoms with E-state index in [0.29, 0.717) is 5.56 Å². The number of amides is 1. The van der Waals surface area contributed by atoms with Crippen LogP contribution < -0.4 is 5.32 Å². The van der Waals surface area contributed by atoms with Gasteiger partial charge >= 0.3 is 6.09 Å². The van der Waals surface area contributed by atoms with E-state index in [2.05, 4.69) is 26.1 Å². The first-order valence-electron chi connectivity index (χ1n) is 6.75. The van der Waals surface area contributed by atoms with E-state index in [-0.39, 0.29) is 17.8 Å². The van der Waals surface area contributed by atoms with Crippen molar-refractivity contribution in [3.63, 3.8) is 0 Å². The van der Waals surface area contributed by atoms with Crippen molar-refractivity contribution < 1.29 is 13.9 Å². The third-order valence-electron chi connectivity index (χ3n) is 2.73. The maximum Gasteiger partial charge on any atom is 0.407 e. The van der Waals surface area contributed by atoms with Crippen LogP contribution in [0.25, 0.3) is 0 Å². The fraction of sp³-hybridized carbons (Fsp3) is 0.562. The van der Waals surface area contributed by atoms with Crippen LogP contribution in [0.15, 0.2) is 18.2 Å². The predicted octanol–water partition coefficient (Wildman–Crippen LogP) is 4.15. The van der Waals surface area contributed by atoms with Crippen molar-refractivity contribution in [2.45, 2.75) is 59.1 Å². The van der Waals surface area contributed by atoms with E-state index in [4.69, 9.17) is 4.74 Å². The molecule has 0 atom stereocenters. The number of alkyl carbamates (subject to hydrolysis) is 1. The quantitative estimate of drug-likeness (QED) is 0.884. The molecule has 0 spiro atoms. The second-order valence-corrected chi connectivity index (χ2v) is 6.91. The Labute approximate surface area is 120 Å². The number of nitrogens with one attached hydrogen (secondary N) is 1. The molecule has 3 nitrogen and oxygen atoms in total. The summed E-state index contributed by atoms with van der Waals surface area (Å²) in [7, 11) is 0. The maximum absolute atomic E-state index is 13.8. The number of ether oxygens (including phenoxy) is 1. The van der Waals surface area contributed by atoms with Crippen molar-refractivity contribution >= 4 is 6.09 Å². The largest absolute Gasteiger partial charge is 0.444 e. The van der Waals surface area contributed by atoms with E-state index in [9.17, 15) is 9.18 Å². The Balaban J connectivity index is 2.75. The lowest BCUT2D eigenvalue weighted by Gasteiger charge is -2.21. The van der Waals surface area contributed by atoms with Gasteiger partial charge in [0.15, 0.2) is 0 Å². The minimum atomic E-state index is -0.560. The number of hydrogen-bond donors (Lipinski definition) is 1. The molecule has 0 bridgehead atoms. The van der Waals surface area contributed by atoms with Crippen LogP contribution in [0.1, 0.15) is 52.7 Å². The van der Waals surface area contributed by atoms with Gasteiger partial charge in [0.25, 0.3) is 0 Å². The Hall–Kier alpha value is -1.58. The Bertz CT molecular complexity index is 484. The molecule has 0 saturated carbocycles. The lowest BCUT2D eigenvalue weighted by atomic mass is 9.86. The molecule has 0 aliphatic heterocycles. The monoisotopic (exact) mass is 281 g/mol. The zero-order chi connectivity index (χ0) is 15.6. The molecule has 0 aliphatic rings. The molecule has 20 heavy (non-hydrogen) atoms. The molecule has 0 aromatic heterocycles. The van der Waals surface area contributed by atoms with Gasteiger partial charge in [0.05, 0.1) is 0 Å². The highest BCUT2D eigenvalue weighted by Gasteiger charge is 2.18. The van der Waals surface area contributed by atoms with E-state index < -0.39 is 11.7 Å². The maximum atomic E-state index is 13.8.